The van der Waals surface area contributed by atoms with Crippen LogP contribution < -0.4 is 5.32 Å². The third-order valence-electron chi connectivity index (χ3n) is 2.31. The molecular formula is C17H32N2. The summed E-state index contributed by atoms with van der Waals surface area (Å²) in [6.07, 6.45) is 7.04. The third-order valence-corrected chi connectivity index (χ3v) is 2.31. The highest BCUT2D eigenvalue weighted by molar-refractivity contribution is 5.62. The highest BCUT2D eigenvalue weighted by atomic mass is 14.8. The van der Waals surface area contributed by atoms with E-state index in [9.17, 15) is 0 Å². The molecule has 2 N–H and O–H groups in total. The van der Waals surface area contributed by atoms with Crippen molar-refractivity contribution in [1.82, 2.24) is 10.3 Å². The largest absolute Gasteiger partial charge is 0.358 e. The van der Waals surface area contributed by atoms with Gasteiger partial charge >= 0.3 is 0 Å². The fraction of sp³-hybridized carbons (Fsp3) is 0.529. The smallest absolute Gasteiger partial charge is 0.0452 e. The molecule has 2 nitrogen and oxygen atoms in total. The quantitative estimate of drug-likeness (QED) is 0.703. The van der Waals surface area contributed by atoms with Crippen LogP contribution in [0.5, 0.6) is 0 Å². The van der Waals surface area contributed by atoms with Crippen LogP contribution >= 0.6 is 0 Å². The Kier molecular flexibility index (Phi) is 15.6. The summed E-state index contributed by atoms with van der Waals surface area (Å²) in [6, 6.07) is 2.17. The second-order valence-corrected chi connectivity index (χ2v) is 3.47. The molecule has 0 amide bonds. The van der Waals surface area contributed by atoms with Crippen LogP contribution in [0.3, 0.4) is 0 Å². The van der Waals surface area contributed by atoms with E-state index in [1.54, 1.807) is 0 Å². The molecule has 0 bridgehead atoms. The Morgan fingerprint density at radius 3 is 2.37 bits per heavy atom. The average molecular weight is 264 g/mol. The standard InChI is InChI=1S/C13H20N2.2C2H6/c1-4-7-13-11(5-2)10-12(15-13)8-9-14-6-3;2*1-2/h4-5,7,10,14-15H,2,6,8-9H2,1,3H3;2*1-2H3/b7-4-;;. The van der Waals surface area contributed by atoms with Gasteiger partial charge in [-0.2, -0.15) is 0 Å². The Bertz CT molecular complexity index is 335. The second kappa shape index (κ2) is 14.8. The molecule has 19 heavy (non-hydrogen) atoms. The monoisotopic (exact) mass is 264 g/mol. The van der Waals surface area contributed by atoms with Gasteiger partial charge in [-0.3, -0.25) is 0 Å². The zero-order valence-electron chi connectivity index (χ0n) is 13.6. The molecule has 0 saturated carbocycles. The Morgan fingerprint density at radius 2 is 1.89 bits per heavy atom. The number of hydrogen-bond donors (Lipinski definition) is 2. The summed E-state index contributed by atoms with van der Waals surface area (Å²) >= 11 is 0. The van der Waals surface area contributed by atoms with Gasteiger partial charge in [0.2, 0.25) is 0 Å². The highest BCUT2D eigenvalue weighted by Gasteiger charge is 2.02. The van der Waals surface area contributed by atoms with Crippen molar-refractivity contribution in [3.05, 3.63) is 35.7 Å². The molecule has 0 spiro atoms. The highest BCUT2D eigenvalue weighted by Crippen LogP contribution is 2.14. The minimum atomic E-state index is 1.02. The molecule has 2 heteroatoms. The minimum Gasteiger partial charge on any atom is -0.358 e. The number of aromatic amines is 1. The van der Waals surface area contributed by atoms with E-state index in [-0.39, 0.29) is 0 Å². The van der Waals surface area contributed by atoms with Crippen LogP contribution in [0, 0.1) is 0 Å². The number of H-pyrrole nitrogens is 1. The molecule has 0 aromatic carbocycles. The molecule has 0 saturated heterocycles. The van der Waals surface area contributed by atoms with Crippen molar-refractivity contribution in [2.75, 3.05) is 13.1 Å². The first kappa shape index (κ1) is 20.0. The van der Waals surface area contributed by atoms with E-state index in [4.69, 9.17) is 0 Å². The van der Waals surface area contributed by atoms with E-state index in [0.29, 0.717) is 0 Å². The number of rotatable bonds is 6. The molecule has 1 rings (SSSR count). The first-order valence-corrected chi connectivity index (χ1v) is 7.49. The van der Waals surface area contributed by atoms with Gasteiger partial charge in [0, 0.05) is 17.9 Å². The molecule has 1 aromatic heterocycles. The Morgan fingerprint density at radius 1 is 1.26 bits per heavy atom. The Balaban J connectivity index is 0. The van der Waals surface area contributed by atoms with Gasteiger partial charge < -0.3 is 10.3 Å². The van der Waals surface area contributed by atoms with Gasteiger partial charge in [0.05, 0.1) is 0 Å². The van der Waals surface area contributed by atoms with Crippen LogP contribution in [0.1, 0.15) is 58.5 Å². The molecule has 0 aliphatic heterocycles. The Hall–Kier alpha value is -1.28. The molecule has 0 aliphatic carbocycles. The summed E-state index contributed by atoms with van der Waals surface area (Å²) in [7, 11) is 0. The van der Waals surface area contributed by atoms with Crippen molar-refractivity contribution in [2.45, 2.75) is 48.0 Å². The lowest BCUT2D eigenvalue weighted by Gasteiger charge is -1.98. The number of allylic oxidation sites excluding steroid dienone is 1. The van der Waals surface area contributed by atoms with E-state index < -0.39 is 0 Å². The third kappa shape index (κ3) is 8.44. The van der Waals surface area contributed by atoms with Crippen LogP contribution in [0.15, 0.2) is 18.7 Å². The summed E-state index contributed by atoms with van der Waals surface area (Å²) in [5, 5.41) is 3.31. The van der Waals surface area contributed by atoms with Crippen molar-refractivity contribution in [3.63, 3.8) is 0 Å². The summed E-state index contributed by atoms with van der Waals surface area (Å²) in [5.41, 5.74) is 3.59. The number of hydrogen-bond acceptors (Lipinski definition) is 1. The molecule has 0 atom stereocenters. The molecule has 0 radical (unpaired) electrons. The van der Waals surface area contributed by atoms with Crippen molar-refractivity contribution in [1.29, 1.82) is 0 Å². The zero-order valence-corrected chi connectivity index (χ0v) is 13.6. The van der Waals surface area contributed by atoms with Gasteiger partial charge in [-0.15, -0.1) is 0 Å². The van der Waals surface area contributed by atoms with E-state index in [1.165, 1.54) is 11.3 Å². The predicted octanol–water partition coefficient (Wildman–Crippen LogP) is 4.90. The zero-order chi connectivity index (χ0) is 15.1. The van der Waals surface area contributed by atoms with Gasteiger partial charge in [-0.1, -0.05) is 53.3 Å². The van der Waals surface area contributed by atoms with Crippen molar-refractivity contribution in [2.24, 2.45) is 0 Å². The van der Waals surface area contributed by atoms with Gasteiger partial charge in [0.1, 0.15) is 0 Å². The fourth-order valence-electron chi connectivity index (χ4n) is 1.55. The normalized spacial score (nSPS) is 9.37. The first-order valence-electron chi connectivity index (χ1n) is 7.49. The van der Waals surface area contributed by atoms with E-state index in [0.717, 1.165) is 25.2 Å². The van der Waals surface area contributed by atoms with Gasteiger partial charge in [0.15, 0.2) is 0 Å². The lowest BCUT2D eigenvalue weighted by atomic mass is 10.2. The summed E-state index contributed by atoms with van der Waals surface area (Å²) in [6.45, 7) is 18.0. The lowest BCUT2D eigenvalue weighted by molar-refractivity contribution is 0.710. The van der Waals surface area contributed by atoms with Crippen molar-refractivity contribution < 1.29 is 0 Å². The molecule has 0 fully saturated rings. The predicted molar refractivity (Wildman–Crippen MR) is 90.5 cm³/mol. The summed E-state index contributed by atoms with van der Waals surface area (Å²) < 4.78 is 0. The Labute approximate surface area is 120 Å². The number of likely N-dealkylation sites (N-methyl/N-ethyl adjacent to an activating group) is 1. The maximum atomic E-state index is 3.81. The van der Waals surface area contributed by atoms with Crippen LogP contribution in [0.2, 0.25) is 0 Å². The van der Waals surface area contributed by atoms with Crippen LogP contribution in [-0.4, -0.2) is 18.1 Å². The fourth-order valence-corrected chi connectivity index (χ4v) is 1.55. The van der Waals surface area contributed by atoms with E-state index in [1.807, 2.05) is 46.8 Å². The number of nitrogens with one attached hydrogen (secondary N) is 2. The average Bonchev–Trinajstić information content (AvgIpc) is 2.86. The lowest BCUT2D eigenvalue weighted by Crippen LogP contribution is -2.16. The molecule has 1 heterocycles. The molecule has 0 unspecified atom stereocenters. The van der Waals surface area contributed by atoms with Crippen molar-refractivity contribution >= 4 is 12.2 Å². The molecule has 1 aromatic rings. The van der Waals surface area contributed by atoms with Crippen LogP contribution in [0.25, 0.3) is 12.2 Å². The molecular weight excluding hydrogens is 232 g/mol. The van der Waals surface area contributed by atoms with Gasteiger partial charge in [-0.25, -0.2) is 0 Å². The van der Waals surface area contributed by atoms with E-state index in [2.05, 4.69) is 35.9 Å². The number of aromatic nitrogens is 1. The van der Waals surface area contributed by atoms with Gasteiger partial charge in [0.25, 0.3) is 0 Å². The SMILES string of the molecule is C=Cc1cc(CCNCC)[nH]c1/C=C\C.CC.CC. The minimum absolute atomic E-state index is 1.02. The maximum absolute atomic E-state index is 3.81. The summed E-state index contributed by atoms with van der Waals surface area (Å²) in [4.78, 5) is 3.39. The summed E-state index contributed by atoms with van der Waals surface area (Å²) in [5.74, 6) is 0. The first-order chi connectivity index (χ1) is 9.31. The topological polar surface area (TPSA) is 27.8 Å². The van der Waals surface area contributed by atoms with Crippen molar-refractivity contribution in [3.8, 4) is 0 Å². The van der Waals surface area contributed by atoms with E-state index >= 15 is 0 Å². The van der Waals surface area contributed by atoms with Gasteiger partial charge in [-0.05, 0) is 37.6 Å². The maximum Gasteiger partial charge on any atom is 0.0452 e. The molecule has 110 valence electrons. The van der Waals surface area contributed by atoms with Crippen LogP contribution in [0.4, 0.5) is 0 Å². The molecule has 0 aliphatic rings. The van der Waals surface area contributed by atoms with Crippen LogP contribution in [-0.2, 0) is 6.42 Å². The second-order valence-electron chi connectivity index (χ2n) is 3.47.